The average Bonchev–Trinajstić information content (AvgIpc) is 2.17. The quantitative estimate of drug-likeness (QED) is 0.621. The van der Waals surface area contributed by atoms with Crippen LogP contribution in [0.1, 0.15) is 15.9 Å². The Balaban J connectivity index is 3.45. The van der Waals surface area contributed by atoms with Gasteiger partial charge in [0.05, 0.1) is 21.8 Å². The normalized spacial score (nSPS) is 9.29. The van der Waals surface area contributed by atoms with Crippen LogP contribution in [0.5, 0.6) is 5.75 Å². The third kappa shape index (κ3) is 1.99. The number of carbonyl (C=O) groups excluding carboxylic acids is 1. The van der Waals surface area contributed by atoms with Gasteiger partial charge in [0, 0.05) is 0 Å². The van der Waals surface area contributed by atoms with Crippen LogP contribution in [0.3, 0.4) is 0 Å². The van der Waals surface area contributed by atoms with E-state index < -0.39 is 5.24 Å². The molecule has 0 aromatic heterocycles. The zero-order chi connectivity index (χ0) is 10.7. The smallest absolute Gasteiger partial charge is 0.256 e. The third-order valence-corrected chi connectivity index (χ3v) is 2.91. The number of rotatable bonds is 2. The molecule has 3 nitrogen and oxygen atoms in total. The van der Waals surface area contributed by atoms with Gasteiger partial charge in [-0.15, -0.1) is 0 Å². The van der Waals surface area contributed by atoms with Crippen LogP contribution in [0, 0.1) is 14.9 Å². The minimum atomic E-state index is -0.593. The molecule has 0 aliphatic rings. The number of nitriles is 1. The van der Waals surface area contributed by atoms with Crippen molar-refractivity contribution in [2.45, 2.75) is 0 Å². The summed E-state index contributed by atoms with van der Waals surface area (Å²) in [7, 11) is 1.43. The number of benzene rings is 1. The van der Waals surface area contributed by atoms with E-state index in [1.165, 1.54) is 13.2 Å². The van der Waals surface area contributed by atoms with Crippen LogP contribution >= 0.6 is 34.2 Å². The zero-order valence-corrected chi connectivity index (χ0v) is 10.1. The molecule has 0 amide bonds. The molecule has 72 valence electrons. The Kier molecular flexibility index (Phi) is 3.72. The number of nitrogens with zero attached hydrogens (tertiary/aromatic N) is 1. The average molecular weight is 322 g/mol. The summed E-state index contributed by atoms with van der Waals surface area (Å²) in [6, 6.07) is 5.02. The first kappa shape index (κ1) is 11.3. The van der Waals surface area contributed by atoms with E-state index >= 15 is 0 Å². The first-order valence-electron chi connectivity index (χ1n) is 3.58. The lowest BCUT2D eigenvalue weighted by Crippen LogP contribution is -1.99. The van der Waals surface area contributed by atoms with Gasteiger partial charge < -0.3 is 4.74 Å². The maximum atomic E-state index is 11.0. The number of methoxy groups -OCH3 is 1. The summed E-state index contributed by atoms with van der Waals surface area (Å²) < 4.78 is 5.61. The highest BCUT2D eigenvalue weighted by Crippen LogP contribution is 2.29. The second-order valence-electron chi connectivity index (χ2n) is 2.39. The topological polar surface area (TPSA) is 50.1 Å². The van der Waals surface area contributed by atoms with Crippen molar-refractivity contribution in [1.82, 2.24) is 0 Å². The Morgan fingerprint density at radius 2 is 2.29 bits per heavy atom. The summed E-state index contributed by atoms with van der Waals surface area (Å²) in [6.07, 6.45) is 0. The molecule has 0 saturated carbocycles. The van der Waals surface area contributed by atoms with Crippen molar-refractivity contribution in [1.29, 1.82) is 5.26 Å². The van der Waals surface area contributed by atoms with Gasteiger partial charge in [-0.3, -0.25) is 4.79 Å². The lowest BCUT2D eigenvalue weighted by Gasteiger charge is -2.07. The van der Waals surface area contributed by atoms with Crippen molar-refractivity contribution in [3.63, 3.8) is 0 Å². The molecule has 0 atom stereocenters. The molecule has 0 radical (unpaired) electrons. The second-order valence-corrected chi connectivity index (χ2v) is 3.82. The maximum Gasteiger partial charge on any atom is 0.256 e. The van der Waals surface area contributed by atoms with Crippen molar-refractivity contribution in [3.05, 3.63) is 26.8 Å². The fourth-order valence-electron chi connectivity index (χ4n) is 0.997. The van der Waals surface area contributed by atoms with Gasteiger partial charge in [0.1, 0.15) is 11.8 Å². The molecule has 0 bridgehead atoms. The van der Waals surface area contributed by atoms with Crippen LogP contribution in [-0.2, 0) is 0 Å². The van der Waals surface area contributed by atoms with Crippen LogP contribution in [0.15, 0.2) is 12.1 Å². The van der Waals surface area contributed by atoms with Gasteiger partial charge in [0.15, 0.2) is 0 Å². The molecule has 14 heavy (non-hydrogen) atoms. The Morgan fingerprint density at radius 1 is 1.64 bits per heavy atom. The molecule has 1 aromatic carbocycles. The van der Waals surface area contributed by atoms with Gasteiger partial charge in [-0.05, 0) is 46.3 Å². The van der Waals surface area contributed by atoms with Crippen molar-refractivity contribution in [2.75, 3.05) is 7.11 Å². The molecule has 1 aromatic rings. The van der Waals surface area contributed by atoms with Gasteiger partial charge in [0.2, 0.25) is 0 Å². The van der Waals surface area contributed by atoms with Crippen LogP contribution in [0.4, 0.5) is 0 Å². The number of halogens is 2. The van der Waals surface area contributed by atoms with E-state index in [0.717, 1.165) is 0 Å². The summed E-state index contributed by atoms with van der Waals surface area (Å²) >= 11 is 7.29. The van der Waals surface area contributed by atoms with E-state index in [1.807, 2.05) is 28.7 Å². The summed E-state index contributed by atoms with van der Waals surface area (Å²) in [5.41, 5.74) is 0.738. The first-order valence-corrected chi connectivity index (χ1v) is 5.04. The standard InChI is InChI=1S/C9H5ClINO2/c1-14-8-6(9(10)13)3-2-5(4-12)7(8)11/h2-3H,1H3. The maximum absolute atomic E-state index is 11.0. The van der Waals surface area contributed by atoms with Gasteiger partial charge in [0.25, 0.3) is 5.24 Å². The molecule has 0 saturated heterocycles. The van der Waals surface area contributed by atoms with Crippen molar-refractivity contribution >= 4 is 39.4 Å². The first-order chi connectivity index (χ1) is 6.61. The number of ether oxygens (including phenoxy) is 1. The largest absolute Gasteiger partial charge is 0.495 e. The number of carbonyl (C=O) groups is 1. The van der Waals surface area contributed by atoms with Crippen LogP contribution in [0.25, 0.3) is 0 Å². The Bertz CT molecular complexity index is 426. The summed E-state index contributed by atoms with van der Waals surface area (Å²) in [6.45, 7) is 0. The van der Waals surface area contributed by atoms with Crippen molar-refractivity contribution in [3.8, 4) is 11.8 Å². The number of hydrogen-bond donors (Lipinski definition) is 0. The van der Waals surface area contributed by atoms with E-state index in [1.54, 1.807) is 6.07 Å². The van der Waals surface area contributed by atoms with Crippen LogP contribution < -0.4 is 4.74 Å². The van der Waals surface area contributed by atoms with E-state index in [0.29, 0.717) is 14.9 Å². The third-order valence-electron chi connectivity index (χ3n) is 1.63. The van der Waals surface area contributed by atoms with Crippen LogP contribution in [-0.4, -0.2) is 12.4 Å². The van der Waals surface area contributed by atoms with Gasteiger partial charge in [-0.1, -0.05) is 0 Å². The molecule has 0 heterocycles. The Hall–Kier alpha value is -0.800. The van der Waals surface area contributed by atoms with Crippen molar-refractivity contribution in [2.24, 2.45) is 0 Å². The Labute approximate surface area is 99.8 Å². The van der Waals surface area contributed by atoms with Gasteiger partial charge >= 0.3 is 0 Å². The lowest BCUT2D eigenvalue weighted by molar-refractivity contribution is 0.107. The van der Waals surface area contributed by atoms with Gasteiger partial charge in [-0.25, -0.2) is 0 Å². The van der Waals surface area contributed by atoms with E-state index in [4.69, 9.17) is 21.6 Å². The molecule has 5 heteroatoms. The molecule has 0 unspecified atom stereocenters. The lowest BCUT2D eigenvalue weighted by atomic mass is 10.1. The molecule has 0 spiro atoms. The zero-order valence-electron chi connectivity index (χ0n) is 7.17. The molecule has 1 rings (SSSR count). The fourth-order valence-corrected chi connectivity index (χ4v) is 1.96. The summed E-state index contributed by atoms with van der Waals surface area (Å²) in [5, 5.41) is 8.15. The summed E-state index contributed by atoms with van der Waals surface area (Å²) in [5.74, 6) is 0.352. The SMILES string of the molecule is COc1c(C(=O)Cl)ccc(C#N)c1I. The van der Waals surface area contributed by atoms with E-state index in [9.17, 15) is 4.79 Å². The van der Waals surface area contributed by atoms with Crippen LogP contribution in [0.2, 0.25) is 0 Å². The highest BCUT2D eigenvalue weighted by atomic mass is 127. The minimum absolute atomic E-state index is 0.276. The predicted octanol–water partition coefficient (Wildman–Crippen LogP) is 2.55. The van der Waals surface area contributed by atoms with Crippen molar-refractivity contribution < 1.29 is 9.53 Å². The molecular weight excluding hydrogens is 316 g/mol. The molecule has 0 fully saturated rings. The van der Waals surface area contributed by atoms with Gasteiger partial charge in [-0.2, -0.15) is 5.26 Å². The Morgan fingerprint density at radius 3 is 2.71 bits per heavy atom. The molecular formula is C9H5ClINO2. The molecule has 0 N–H and O–H groups in total. The van der Waals surface area contributed by atoms with E-state index in [-0.39, 0.29) is 5.56 Å². The second kappa shape index (κ2) is 4.62. The highest BCUT2D eigenvalue weighted by Gasteiger charge is 2.15. The molecule has 0 aliphatic carbocycles. The highest BCUT2D eigenvalue weighted by molar-refractivity contribution is 14.1. The fraction of sp³-hybridized carbons (Fsp3) is 0.111. The predicted molar refractivity (Wildman–Crippen MR) is 60.6 cm³/mol. The monoisotopic (exact) mass is 321 g/mol. The number of hydrogen-bond acceptors (Lipinski definition) is 3. The minimum Gasteiger partial charge on any atom is -0.495 e. The molecule has 0 aliphatic heterocycles. The summed E-state index contributed by atoms with van der Waals surface area (Å²) in [4.78, 5) is 11.0. The van der Waals surface area contributed by atoms with E-state index in [2.05, 4.69) is 0 Å².